The largest absolute Gasteiger partial charge is 0.399 e. The topological polar surface area (TPSA) is 55.1 Å². The average Bonchev–Trinajstić information content (AvgIpc) is 2.86. The van der Waals surface area contributed by atoms with Crippen molar-refractivity contribution in [2.75, 3.05) is 11.5 Å². The zero-order valence-electron chi connectivity index (χ0n) is 12.1. The molecule has 0 aliphatic heterocycles. The molecule has 1 amide bonds. The first kappa shape index (κ1) is 15.2. The standard InChI is InChI=1S/C16H24N2OS/c1-2-20-15-5-3-4-14(15)18-16(19)11-8-12-6-9-13(17)10-7-12/h6-7,9-10,14-15H,2-5,8,11,17H2,1H3,(H,18,19). The van der Waals surface area contributed by atoms with Crippen LogP contribution in [0.1, 0.15) is 38.2 Å². The van der Waals surface area contributed by atoms with Gasteiger partial charge in [-0.2, -0.15) is 11.8 Å². The molecule has 1 aromatic rings. The van der Waals surface area contributed by atoms with Gasteiger partial charge >= 0.3 is 0 Å². The van der Waals surface area contributed by atoms with Crippen molar-refractivity contribution >= 4 is 23.4 Å². The minimum Gasteiger partial charge on any atom is -0.399 e. The van der Waals surface area contributed by atoms with E-state index in [0.29, 0.717) is 17.7 Å². The Hall–Kier alpha value is -1.16. The van der Waals surface area contributed by atoms with Gasteiger partial charge in [-0.15, -0.1) is 0 Å². The van der Waals surface area contributed by atoms with Crippen molar-refractivity contribution < 1.29 is 4.79 Å². The summed E-state index contributed by atoms with van der Waals surface area (Å²) in [5.74, 6) is 1.30. The molecule has 0 saturated heterocycles. The molecule has 3 N–H and O–H groups in total. The first-order valence-electron chi connectivity index (χ1n) is 7.44. The number of nitrogens with two attached hydrogens (primary N) is 1. The lowest BCUT2D eigenvalue weighted by molar-refractivity contribution is -0.121. The number of carbonyl (C=O) groups is 1. The summed E-state index contributed by atoms with van der Waals surface area (Å²) in [5, 5.41) is 3.82. The maximum absolute atomic E-state index is 12.0. The number of carbonyl (C=O) groups excluding carboxylic acids is 1. The number of nitrogens with one attached hydrogen (secondary N) is 1. The van der Waals surface area contributed by atoms with Gasteiger partial charge in [0.2, 0.25) is 5.91 Å². The fourth-order valence-electron chi connectivity index (χ4n) is 2.73. The molecule has 2 unspecified atom stereocenters. The average molecular weight is 292 g/mol. The second kappa shape index (κ2) is 7.58. The van der Waals surface area contributed by atoms with Gasteiger partial charge in [0, 0.05) is 23.4 Å². The number of hydrogen-bond donors (Lipinski definition) is 2. The van der Waals surface area contributed by atoms with Crippen molar-refractivity contribution in [3.05, 3.63) is 29.8 Å². The number of aryl methyl sites for hydroxylation is 1. The first-order chi connectivity index (χ1) is 9.69. The Kier molecular flexibility index (Phi) is 5.77. The van der Waals surface area contributed by atoms with Crippen molar-refractivity contribution in [1.29, 1.82) is 0 Å². The quantitative estimate of drug-likeness (QED) is 0.793. The van der Waals surface area contributed by atoms with Crippen LogP contribution in [0.25, 0.3) is 0 Å². The monoisotopic (exact) mass is 292 g/mol. The molecular formula is C16H24N2OS. The lowest BCUT2D eigenvalue weighted by atomic mass is 10.1. The van der Waals surface area contributed by atoms with Crippen molar-refractivity contribution in [3.8, 4) is 0 Å². The summed E-state index contributed by atoms with van der Waals surface area (Å²) in [4.78, 5) is 12.0. The second-order valence-electron chi connectivity index (χ2n) is 5.34. The van der Waals surface area contributed by atoms with Crippen LogP contribution in [-0.4, -0.2) is 23.0 Å². The molecule has 0 bridgehead atoms. The van der Waals surface area contributed by atoms with E-state index < -0.39 is 0 Å². The molecule has 1 saturated carbocycles. The molecule has 4 heteroatoms. The van der Waals surface area contributed by atoms with Gasteiger partial charge < -0.3 is 11.1 Å². The molecule has 0 spiro atoms. The Morgan fingerprint density at radius 1 is 1.35 bits per heavy atom. The fourth-order valence-corrected chi connectivity index (χ4v) is 3.92. The fraction of sp³-hybridized carbons (Fsp3) is 0.562. The molecule has 1 fully saturated rings. The van der Waals surface area contributed by atoms with E-state index in [1.54, 1.807) is 0 Å². The SMILES string of the molecule is CCSC1CCCC1NC(=O)CCc1ccc(N)cc1. The van der Waals surface area contributed by atoms with E-state index in [1.165, 1.54) is 18.4 Å². The molecule has 2 atom stereocenters. The van der Waals surface area contributed by atoms with Gasteiger partial charge in [-0.25, -0.2) is 0 Å². The summed E-state index contributed by atoms with van der Waals surface area (Å²) in [6, 6.07) is 8.14. The molecule has 1 aliphatic carbocycles. The van der Waals surface area contributed by atoms with E-state index in [-0.39, 0.29) is 5.91 Å². The van der Waals surface area contributed by atoms with Gasteiger partial charge in [-0.1, -0.05) is 25.5 Å². The third-order valence-electron chi connectivity index (χ3n) is 3.80. The van der Waals surface area contributed by atoms with Gasteiger partial charge in [0.25, 0.3) is 0 Å². The summed E-state index contributed by atoms with van der Waals surface area (Å²) in [5.41, 5.74) is 7.59. The van der Waals surface area contributed by atoms with Crippen LogP contribution in [0.5, 0.6) is 0 Å². The lowest BCUT2D eigenvalue weighted by Crippen LogP contribution is -2.38. The normalized spacial score (nSPS) is 21.9. The zero-order chi connectivity index (χ0) is 14.4. The molecule has 1 aromatic carbocycles. The number of anilines is 1. The number of nitrogen functional groups attached to an aromatic ring is 1. The van der Waals surface area contributed by atoms with E-state index in [4.69, 9.17) is 5.73 Å². The van der Waals surface area contributed by atoms with Crippen molar-refractivity contribution in [2.24, 2.45) is 0 Å². The molecule has 0 radical (unpaired) electrons. The summed E-state index contributed by atoms with van der Waals surface area (Å²) < 4.78 is 0. The summed E-state index contributed by atoms with van der Waals surface area (Å²) in [7, 11) is 0. The Balaban J connectivity index is 1.76. The summed E-state index contributed by atoms with van der Waals surface area (Å²) in [6.07, 6.45) is 4.95. The smallest absolute Gasteiger partial charge is 0.220 e. The van der Waals surface area contributed by atoms with Gasteiger partial charge in [0.1, 0.15) is 0 Å². The van der Waals surface area contributed by atoms with Crippen molar-refractivity contribution in [2.45, 2.75) is 50.3 Å². The highest BCUT2D eigenvalue weighted by Gasteiger charge is 2.28. The second-order valence-corrected chi connectivity index (χ2v) is 6.86. The zero-order valence-corrected chi connectivity index (χ0v) is 12.9. The minimum atomic E-state index is 0.176. The summed E-state index contributed by atoms with van der Waals surface area (Å²) in [6.45, 7) is 2.18. The van der Waals surface area contributed by atoms with Gasteiger partial charge in [0.05, 0.1) is 0 Å². The minimum absolute atomic E-state index is 0.176. The van der Waals surface area contributed by atoms with Crippen LogP contribution in [0.4, 0.5) is 5.69 Å². The van der Waals surface area contributed by atoms with Crippen LogP contribution >= 0.6 is 11.8 Å². The van der Waals surface area contributed by atoms with E-state index >= 15 is 0 Å². The predicted molar refractivity (Wildman–Crippen MR) is 86.9 cm³/mol. The maximum atomic E-state index is 12.0. The molecule has 20 heavy (non-hydrogen) atoms. The van der Waals surface area contributed by atoms with Crippen molar-refractivity contribution in [1.82, 2.24) is 5.32 Å². The summed E-state index contributed by atoms with van der Waals surface area (Å²) >= 11 is 1.98. The van der Waals surface area contributed by atoms with E-state index in [0.717, 1.165) is 24.3 Å². The number of amides is 1. The maximum Gasteiger partial charge on any atom is 0.220 e. The van der Waals surface area contributed by atoms with Crippen LogP contribution in [0.15, 0.2) is 24.3 Å². The first-order valence-corrected chi connectivity index (χ1v) is 8.49. The Bertz CT molecular complexity index is 433. The number of rotatable bonds is 6. The number of hydrogen-bond acceptors (Lipinski definition) is 3. The molecular weight excluding hydrogens is 268 g/mol. The van der Waals surface area contributed by atoms with E-state index in [2.05, 4.69) is 12.2 Å². The van der Waals surface area contributed by atoms with Gasteiger partial charge in [0.15, 0.2) is 0 Å². The predicted octanol–water partition coefficient (Wildman–Crippen LogP) is 2.99. The van der Waals surface area contributed by atoms with Gasteiger partial charge in [-0.05, 0) is 42.7 Å². The van der Waals surface area contributed by atoms with Crippen LogP contribution in [0.3, 0.4) is 0 Å². The third kappa shape index (κ3) is 4.44. The van der Waals surface area contributed by atoms with Crippen LogP contribution in [0.2, 0.25) is 0 Å². The van der Waals surface area contributed by atoms with Crippen LogP contribution in [0, 0.1) is 0 Å². The van der Waals surface area contributed by atoms with Gasteiger partial charge in [-0.3, -0.25) is 4.79 Å². The molecule has 110 valence electrons. The highest BCUT2D eigenvalue weighted by molar-refractivity contribution is 7.99. The molecule has 1 aliphatic rings. The van der Waals surface area contributed by atoms with Crippen molar-refractivity contribution in [3.63, 3.8) is 0 Å². The molecule has 3 nitrogen and oxygen atoms in total. The third-order valence-corrected chi connectivity index (χ3v) is 5.13. The molecule has 0 aromatic heterocycles. The number of thioether (sulfide) groups is 1. The van der Waals surface area contributed by atoms with Crippen LogP contribution < -0.4 is 11.1 Å². The number of benzene rings is 1. The van der Waals surface area contributed by atoms with E-state index in [9.17, 15) is 4.79 Å². The highest BCUT2D eigenvalue weighted by Crippen LogP contribution is 2.29. The Labute approximate surface area is 125 Å². The molecule has 0 heterocycles. The molecule has 2 rings (SSSR count). The van der Waals surface area contributed by atoms with E-state index in [1.807, 2.05) is 36.0 Å². The Morgan fingerprint density at radius 3 is 2.80 bits per heavy atom. The highest BCUT2D eigenvalue weighted by atomic mass is 32.2. The lowest BCUT2D eigenvalue weighted by Gasteiger charge is -2.20. The Morgan fingerprint density at radius 2 is 2.10 bits per heavy atom. The van der Waals surface area contributed by atoms with Crippen LogP contribution in [-0.2, 0) is 11.2 Å².